The molecular formula is C24H27N5O5. The number of pyridine rings is 1. The van der Waals surface area contributed by atoms with Gasteiger partial charge < -0.3 is 29.1 Å². The van der Waals surface area contributed by atoms with Crippen molar-refractivity contribution in [3.05, 3.63) is 35.9 Å². The maximum absolute atomic E-state index is 11.7. The lowest BCUT2D eigenvalue weighted by Gasteiger charge is -2.34. The third-order valence-corrected chi connectivity index (χ3v) is 6.19. The number of anilines is 2. The largest absolute Gasteiger partial charge is 0.496 e. The summed E-state index contributed by atoms with van der Waals surface area (Å²) in [6.07, 6.45) is 0. The summed E-state index contributed by atoms with van der Waals surface area (Å²) in [6, 6.07) is 9.00. The summed E-state index contributed by atoms with van der Waals surface area (Å²) < 4.78 is 16.3. The van der Waals surface area contributed by atoms with Gasteiger partial charge in [0.15, 0.2) is 5.65 Å². The highest BCUT2D eigenvalue weighted by Gasteiger charge is 2.25. The lowest BCUT2D eigenvalue weighted by atomic mass is 10.1. The van der Waals surface area contributed by atoms with Crippen LogP contribution in [0.1, 0.15) is 17.3 Å². The minimum absolute atomic E-state index is 0.0846. The molecule has 2 aliphatic rings. The number of fused-ring (bicyclic) bond motifs is 1. The van der Waals surface area contributed by atoms with Gasteiger partial charge in [-0.2, -0.15) is 9.97 Å². The molecule has 2 fully saturated rings. The minimum Gasteiger partial charge on any atom is -0.496 e. The van der Waals surface area contributed by atoms with E-state index in [0.29, 0.717) is 61.6 Å². The molecule has 2 saturated heterocycles. The Kier molecular flexibility index (Phi) is 6.16. The summed E-state index contributed by atoms with van der Waals surface area (Å²) in [5, 5.41) is 10.4. The minimum atomic E-state index is -1.06. The zero-order chi connectivity index (χ0) is 23.7. The van der Waals surface area contributed by atoms with E-state index in [0.717, 1.165) is 24.3 Å². The van der Waals surface area contributed by atoms with Crippen LogP contribution >= 0.6 is 0 Å². The van der Waals surface area contributed by atoms with Crippen molar-refractivity contribution in [2.45, 2.75) is 13.0 Å². The summed E-state index contributed by atoms with van der Waals surface area (Å²) in [4.78, 5) is 30.7. The number of carboxylic acid groups (broad SMARTS) is 1. The number of carboxylic acids is 1. The van der Waals surface area contributed by atoms with Crippen molar-refractivity contribution in [3.63, 3.8) is 0 Å². The molecule has 10 heteroatoms. The number of methoxy groups -OCH3 is 1. The Morgan fingerprint density at radius 3 is 2.59 bits per heavy atom. The molecule has 2 aliphatic heterocycles. The molecule has 1 aromatic carbocycles. The summed E-state index contributed by atoms with van der Waals surface area (Å²) >= 11 is 0. The smallest absolute Gasteiger partial charge is 0.339 e. The molecule has 34 heavy (non-hydrogen) atoms. The topological polar surface area (TPSA) is 110 Å². The fourth-order valence-electron chi connectivity index (χ4n) is 4.35. The number of aromatic carboxylic acids is 1. The quantitative estimate of drug-likeness (QED) is 0.603. The Hall–Kier alpha value is -3.50. The molecular weight excluding hydrogens is 438 g/mol. The standard InChI is InChI=1S/C24H27N5O5/c1-15-14-34-12-9-29(15)24-26-21-17(22(27-24)28-7-10-33-11-8-28)4-5-19(25-21)16-3-6-20(32-2)18(13-16)23(30)31/h3-6,13,15H,7-12,14H2,1-2H3,(H,30,31)/t15-/m0/s1. The van der Waals surface area contributed by atoms with E-state index in [1.807, 2.05) is 12.1 Å². The highest BCUT2D eigenvalue weighted by molar-refractivity contribution is 5.93. The van der Waals surface area contributed by atoms with Gasteiger partial charge in [-0.05, 0) is 37.3 Å². The molecule has 178 valence electrons. The van der Waals surface area contributed by atoms with Crippen LogP contribution in [0.25, 0.3) is 22.3 Å². The Labute approximate surface area is 197 Å². The van der Waals surface area contributed by atoms with E-state index in [1.165, 1.54) is 7.11 Å². The van der Waals surface area contributed by atoms with E-state index in [9.17, 15) is 9.90 Å². The van der Waals surface area contributed by atoms with Crippen LogP contribution in [0, 0.1) is 0 Å². The van der Waals surface area contributed by atoms with Gasteiger partial charge in [0, 0.05) is 25.2 Å². The monoisotopic (exact) mass is 465 g/mol. The Morgan fingerprint density at radius 1 is 1.06 bits per heavy atom. The molecule has 10 nitrogen and oxygen atoms in total. The SMILES string of the molecule is COc1ccc(-c2ccc3c(N4CCOCC4)nc(N4CCOC[C@@H]4C)nc3n2)cc1C(=O)O. The van der Waals surface area contributed by atoms with Crippen molar-refractivity contribution in [2.75, 3.05) is 63.0 Å². The Bertz CT molecular complexity index is 1210. The second-order valence-corrected chi connectivity index (χ2v) is 8.35. The van der Waals surface area contributed by atoms with Crippen molar-refractivity contribution >= 4 is 28.8 Å². The van der Waals surface area contributed by atoms with E-state index < -0.39 is 5.97 Å². The van der Waals surface area contributed by atoms with Crippen LogP contribution in [0.4, 0.5) is 11.8 Å². The van der Waals surface area contributed by atoms with Crippen LogP contribution < -0.4 is 14.5 Å². The third-order valence-electron chi connectivity index (χ3n) is 6.19. The average Bonchev–Trinajstić information content (AvgIpc) is 2.88. The average molecular weight is 466 g/mol. The molecule has 0 amide bonds. The van der Waals surface area contributed by atoms with Gasteiger partial charge in [0.25, 0.3) is 0 Å². The molecule has 5 rings (SSSR count). The maximum Gasteiger partial charge on any atom is 0.339 e. The summed E-state index contributed by atoms with van der Waals surface area (Å²) in [5.74, 6) is 0.704. The number of aromatic nitrogens is 3. The van der Waals surface area contributed by atoms with Crippen molar-refractivity contribution in [1.29, 1.82) is 0 Å². The zero-order valence-corrected chi connectivity index (χ0v) is 19.2. The lowest BCUT2D eigenvalue weighted by molar-refractivity contribution is 0.0693. The number of rotatable bonds is 5. The molecule has 0 unspecified atom stereocenters. The van der Waals surface area contributed by atoms with Crippen molar-refractivity contribution in [2.24, 2.45) is 0 Å². The predicted octanol–water partition coefficient (Wildman–Crippen LogP) is 2.46. The zero-order valence-electron chi connectivity index (χ0n) is 19.2. The van der Waals surface area contributed by atoms with Gasteiger partial charge in [-0.25, -0.2) is 9.78 Å². The molecule has 2 aromatic heterocycles. The first-order chi connectivity index (χ1) is 16.5. The first kappa shape index (κ1) is 22.3. The molecule has 0 spiro atoms. The fraction of sp³-hybridized carbons (Fsp3) is 0.417. The van der Waals surface area contributed by atoms with Crippen LogP contribution in [0.5, 0.6) is 5.75 Å². The molecule has 3 aromatic rings. The maximum atomic E-state index is 11.7. The van der Waals surface area contributed by atoms with Crippen LogP contribution in [0.2, 0.25) is 0 Å². The van der Waals surface area contributed by atoms with Crippen LogP contribution in [0.3, 0.4) is 0 Å². The summed E-state index contributed by atoms with van der Waals surface area (Å²) in [7, 11) is 1.45. The van der Waals surface area contributed by atoms with Gasteiger partial charge in [0.05, 0.1) is 50.7 Å². The molecule has 4 heterocycles. The normalized spacial score (nSPS) is 18.8. The highest BCUT2D eigenvalue weighted by Crippen LogP contribution is 2.31. The Morgan fingerprint density at radius 2 is 1.85 bits per heavy atom. The lowest BCUT2D eigenvalue weighted by Crippen LogP contribution is -2.45. The first-order valence-electron chi connectivity index (χ1n) is 11.3. The van der Waals surface area contributed by atoms with Gasteiger partial charge in [-0.15, -0.1) is 0 Å². The highest BCUT2D eigenvalue weighted by atomic mass is 16.5. The number of benzene rings is 1. The van der Waals surface area contributed by atoms with Crippen LogP contribution in [0.15, 0.2) is 30.3 Å². The van der Waals surface area contributed by atoms with Gasteiger partial charge in [0.2, 0.25) is 5.95 Å². The number of nitrogens with zero attached hydrogens (tertiary/aromatic N) is 5. The van der Waals surface area contributed by atoms with Gasteiger partial charge >= 0.3 is 5.97 Å². The van der Waals surface area contributed by atoms with E-state index in [4.69, 9.17) is 29.2 Å². The molecule has 0 saturated carbocycles. The van der Waals surface area contributed by atoms with E-state index in [1.54, 1.807) is 18.2 Å². The molecule has 0 radical (unpaired) electrons. The van der Waals surface area contributed by atoms with E-state index >= 15 is 0 Å². The number of hydrogen-bond acceptors (Lipinski definition) is 9. The van der Waals surface area contributed by atoms with Gasteiger partial charge in [0.1, 0.15) is 17.1 Å². The Balaban J connectivity index is 1.63. The van der Waals surface area contributed by atoms with Crippen LogP contribution in [-0.2, 0) is 9.47 Å². The fourth-order valence-corrected chi connectivity index (χ4v) is 4.35. The van der Waals surface area contributed by atoms with Crippen LogP contribution in [-0.4, -0.2) is 85.2 Å². The van der Waals surface area contributed by atoms with Gasteiger partial charge in [-0.3, -0.25) is 0 Å². The summed E-state index contributed by atoms with van der Waals surface area (Å²) in [5.41, 5.74) is 1.95. The molecule has 1 N–H and O–H groups in total. The van der Waals surface area contributed by atoms with Crippen molar-refractivity contribution in [1.82, 2.24) is 15.0 Å². The van der Waals surface area contributed by atoms with E-state index in [2.05, 4.69) is 16.7 Å². The third kappa shape index (κ3) is 4.22. The number of ether oxygens (including phenoxy) is 3. The van der Waals surface area contributed by atoms with Gasteiger partial charge in [-0.1, -0.05) is 0 Å². The molecule has 0 aliphatic carbocycles. The number of morpholine rings is 2. The number of hydrogen-bond donors (Lipinski definition) is 1. The van der Waals surface area contributed by atoms with Crippen molar-refractivity contribution < 1.29 is 24.1 Å². The van der Waals surface area contributed by atoms with Crippen molar-refractivity contribution in [3.8, 4) is 17.0 Å². The predicted molar refractivity (Wildman–Crippen MR) is 127 cm³/mol. The summed E-state index contributed by atoms with van der Waals surface area (Å²) in [6.45, 7) is 6.81. The second kappa shape index (κ2) is 9.40. The van der Waals surface area contributed by atoms with E-state index in [-0.39, 0.29) is 11.6 Å². The number of carbonyl (C=O) groups is 1. The first-order valence-corrected chi connectivity index (χ1v) is 11.3. The molecule has 0 bridgehead atoms. The second-order valence-electron chi connectivity index (χ2n) is 8.35. The molecule has 1 atom stereocenters.